The summed E-state index contributed by atoms with van der Waals surface area (Å²) in [6.45, 7) is 1.66. The van der Waals surface area contributed by atoms with Gasteiger partial charge in [0.25, 0.3) is 0 Å². The molecular formula is C15H22O6. The Morgan fingerprint density at radius 2 is 1.90 bits per heavy atom. The zero-order chi connectivity index (χ0) is 15.7. The van der Waals surface area contributed by atoms with Gasteiger partial charge in [0.15, 0.2) is 5.60 Å². The van der Waals surface area contributed by atoms with Crippen LogP contribution < -0.4 is 4.74 Å². The van der Waals surface area contributed by atoms with Gasteiger partial charge in [-0.3, -0.25) is 0 Å². The summed E-state index contributed by atoms with van der Waals surface area (Å²) in [6, 6.07) is 7.08. The zero-order valence-corrected chi connectivity index (χ0v) is 12.6. The van der Waals surface area contributed by atoms with Crippen LogP contribution in [0.4, 0.5) is 0 Å². The fourth-order valence-electron chi connectivity index (χ4n) is 1.82. The fourth-order valence-corrected chi connectivity index (χ4v) is 1.82. The van der Waals surface area contributed by atoms with Gasteiger partial charge >= 0.3 is 5.97 Å². The van der Waals surface area contributed by atoms with Crippen LogP contribution in [0.3, 0.4) is 0 Å². The van der Waals surface area contributed by atoms with Gasteiger partial charge < -0.3 is 24.1 Å². The third-order valence-electron chi connectivity index (χ3n) is 2.85. The van der Waals surface area contributed by atoms with Gasteiger partial charge in [-0.15, -0.1) is 0 Å². The van der Waals surface area contributed by atoms with Crippen molar-refractivity contribution in [2.24, 2.45) is 0 Å². The minimum atomic E-state index is -1.75. The minimum absolute atomic E-state index is 0.00960. The number of rotatable bonds is 9. The van der Waals surface area contributed by atoms with E-state index in [1.165, 1.54) is 7.11 Å². The van der Waals surface area contributed by atoms with Crippen LogP contribution >= 0.6 is 0 Å². The summed E-state index contributed by atoms with van der Waals surface area (Å²) >= 11 is 0. The Morgan fingerprint density at radius 1 is 1.24 bits per heavy atom. The first-order valence-electron chi connectivity index (χ1n) is 6.65. The summed E-state index contributed by atoms with van der Waals surface area (Å²) in [5, 5.41) is 10.5. The summed E-state index contributed by atoms with van der Waals surface area (Å²) in [7, 11) is 3.04. The molecule has 1 aromatic carbocycles. The highest BCUT2D eigenvalue weighted by atomic mass is 16.7. The number of carbonyl (C=O) groups excluding carboxylic acids is 1. The van der Waals surface area contributed by atoms with Crippen LogP contribution in [-0.2, 0) is 25.4 Å². The predicted octanol–water partition coefficient (Wildman–Crippen LogP) is 1.15. The standard InChI is InChI=1S/C15H22O6/c1-4-21-14(16)15(17,10-20-11-18-2)9-12-5-7-13(19-3)8-6-12/h5-8,17H,4,9-11H2,1-3H3. The third-order valence-corrected chi connectivity index (χ3v) is 2.85. The molecule has 0 radical (unpaired) electrons. The Balaban J connectivity index is 2.81. The fraction of sp³-hybridized carbons (Fsp3) is 0.533. The monoisotopic (exact) mass is 298 g/mol. The molecule has 0 heterocycles. The molecule has 6 heteroatoms. The van der Waals surface area contributed by atoms with E-state index in [1.54, 1.807) is 38.3 Å². The van der Waals surface area contributed by atoms with Crippen molar-refractivity contribution >= 4 is 5.97 Å². The summed E-state index contributed by atoms with van der Waals surface area (Å²) < 4.78 is 19.9. The van der Waals surface area contributed by atoms with Crippen molar-refractivity contribution in [3.8, 4) is 5.75 Å². The maximum absolute atomic E-state index is 12.0. The molecule has 0 aliphatic rings. The molecule has 0 fully saturated rings. The largest absolute Gasteiger partial charge is 0.497 e. The first-order valence-corrected chi connectivity index (χ1v) is 6.65. The Bertz CT molecular complexity index is 430. The molecule has 1 N–H and O–H groups in total. The van der Waals surface area contributed by atoms with E-state index in [9.17, 15) is 9.90 Å². The van der Waals surface area contributed by atoms with Crippen molar-refractivity contribution < 1.29 is 28.8 Å². The topological polar surface area (TPSA) is 74.2 Å². The summed E-state index contributed by atoms with van der Waals surface area (Å²) in [4.78, 5) is 12.0. The quantitative estimate of drug-likeness (QED) is 0.419. The van der Waals surface area contributed by atoms with Crippen LogP contribution in [0.5, 0.6) is 5.75 Å². The average Bonchev–Trinajstić information content (AvgIpc) is 2.48. The molecule has 1 rings (SSSR count). The maximum Gasteiger partial charge on any atom is 0.340 e. The van der Waals surface area contributed by atoms with Crippen LogP contribution in [0.15, 0.2) is 24.3 Å². The van der Waals surface area contributed by atoms with Gasteiger partial charge in [-0.05, 0) is 24.6 Å². The summed E-state index contributed by atoms with van der Waals surface area (Å²) in [5.74, 6) is -0.00835. The highest BCUT2D eigenvalue weighted by Crippen LogP contribution is 2.19. The van der Waals surface area contributed by atoms with Gasteiger partial charge in [0, 0.05) is 13.5 Å². The van der Waals surface area contributed by atoms with E-state index in [-0.39, 0.29) is 26.4 Å². The first-order chi connectivity index (χ1) is 10.1. The number of ether oxygens (including phenoxy) is 4. The molecule has 1 aromatic rings. The molecule has 0 aromatic heterocycles. The number of benzene rings is 1. The highest BCUT2D eigenvalue weighted by molar-refractivity contribution is 5.80. The normalized spacial score (nSPS) is 13.5. The molecule has 118 valence electrons. The molecule has 0 bridgehead atoms. The lowest BCUT2D eigenvalue weighted by molar-refractivity contribution is -0.176. The van der Waals surface area contributed by atoms with Crippen molar-refractivity contribution in [3.05, 3.63) is 29.8 Å². The molecule has 1 atom stereocenters. The molecule has 0 aliphatic heterocycles. The highest BCUT2D eigenvalue weighted by Gasteiger charge is 2.38. The molecule has 0 amide bonds. The molecule has 0 spiro atoms. The molecule has 1 unspecified atom stereocenters. The molecule has 0 aliphatic carbocycles. The summed E-state index contributed by atoms with van der Waals surface area (Å²) in [6.07, 6.45) is 0.0829. The second-order valence-electron chi connectivity index (χ2n) is 4.53. The van der Waals surface area contributed by atoms with Gasteiger partial charge in [-0.2, -0.15) is 0 Å². The van der Waals surface area contributed by atoms with Crippen LogP contribution in [-0.4, -0.2) is 50.9 Å². The Labute approximate surface area is 124 Å². The number of hydrogen-bond donors (Lipinski definition) is 1. The van der Waals surface area contributed by atoms with Crippen molar-refractivity contribution in [3.63, 3.8) is 0 Å². The molecule has 0 saturated carbocycles. The molecule has 21 heavy (non-hydrogen) atoms. The number of methoxy groups -OCH3 is 2. The van der Waals surface area contributed by atoms with Gasteiger partial charge in [-0.1, -0.05) is 12.1 Å². The number of esters is 1. The van der Waals surface area contributed by atoms with E-state index in [0.717, 1.165) is 5.56 Å². The van der Waals surface area contributed by atoms with Crippen LogP contribution in [0.1, 0.15) is 12.5 Å². The van der Waals surface area contributed by atoms with Crippen LogP contribution in [0, 0.1) is 0 Å². The van der Waals surface area contributed by atoms with Gasteiger partial charge in [0.05, 0.1) is 20.3 Å². The molecular weight excluding hydrogens is 276 g/mol. The first kappa shape index (κ1) is 17.4. The molecule has 0 saturated heterocycles. The lowest BCUT2D eigenvalue weighted by atomic mass is 9.95. The van der Waals surface area contributed by atoms with Crippen molar-refractivity contribution in [1.82, 2.24) is 0 Å². The van der Waals surface area contributed by atoms with Crippen LogP contribution in [0.2, 0.25) is 0 Å². The maximum atomic E-state index is 12.0. The van der Waals surface area contributed by atoms with E-state index in [2.05, 4.69) is 0 Å². The number of hydrogen-bond acceptors (Lipinski definition) is 6. The van der Waals surface area contributed by atoms with Crippen LogP contribution in [0.25, 0.3) is 0 Å². The van der Waals surface area contributed by atoms with E-state index < -0.39 is 11.6 Å². The second kappa shape index (κ2) is 8.61. The zero-order valence-electron chi connectivity index (χ0n) is 12.6. The lowest BCUT2D eigenvalue weighted by Gasteiger charge is -2.25. The third kappa shape index (κ3) is 5.34. The van der Waals surface area contributed by atoms with E-state index in [0.29, 0.717) is 5.75 Å². The number of carbonyl (C=O) groups is 1. The SMILES string of the molecule is CCOC(=O)C(O)(COCOC)Cc1ccc(OC)cc1. The smallest absolute Gasteiger partial charge is 0.340 e. The van der Waals surface area contributed by atoms with E-state index in [1.807, 2.05) is 0 Å². The Morgan fingerprint density at radius 3 is 2.43 bits per heavy atom. The van der Waals surface area contributed by atoms with E-state index in [4.69, 9.17) is 18.9 Å². The van der Waals surface area contributed by atoms with E-state index >= 15 is 0 Å². The minimum Gasteiger partial charge on any atom is -0.497 e. The second-order valence-corrected chi connectivity index (χ2v) is 4.53. The van der Waals surface area contributed by atoms with Gasteiger partial charge in [0.2, 0.25) is 0 Å². The Kier molecular flexibility index (Phi) is 7.14. The predicted molar refractivity (Wildman–Crippen MR) is 76.1 cm³/mol. The average molecular weight is 298 g/mol. The summed E-state index contributed by atoms with van der Waals surface area (Å²) in [5.41, 5.74) is -0.976. The lowest BCUT2D eigenvalue weighted by Crippen LogP contribution is -2.46. The van der Waals surface area contributed by atoms with Gasteiger partial charge in [-0.25, -0.2) is 4.79 Å². The number of aliphatic hydroxyl groups is 1. The Hall–Kier alpha value is -1.63. The van der Waals surface area contributed by atoms with Gasteiger partial charge in [0.1, 0.15) is 12.5 Å². The van der Waals surface area contributed by atoms with Crippen molar-refractivity contribution in [1.29, 1.82) is 0 Å². The van der Waals surface area contributed by atoms with Crippen molar-refractivity contribution in [2.75, 3.05) is 34.2 Å². The van der Waals surface area contributed by atoms with Crippen molar-refractivity contribution in [2.45, 2.75) is 18.9 Å². The molecule has 6 nitrogen and oxygen atoms in total.